The Morgan fingerprint density at radius 3 is 2.51 bits per heavy atom. The molecule has 5 N–H and O–H groups in total. The number of ether oxygens (including phenoxy) is 2. The lowest BCUT2D eigenvalue weighted by Gasteiger charge is -2.38. The summed E-state index contributed by atoms with van der Waals surface area (Å²) >= 11 is 0. The molecule has 2 aliphatic rings. The van der Waals surface area contributed by atoms with E-state index in [1.807, 2.05) is 24.3 Å². The van der Waals surface area contributed by atoms with Gasteiger partial charge in [-0.3, -0.25) is 4.90 Å². The van der Waals surface area contributed by atoms with E-state index in [9.17, 15) is 20.1 Å². The van der Waals surface area contributed by atoms with E-state index < -0.39 is 36.7 Å². The maximum atomic E-state index is 11.2. The Hall–Kier alpha value is -3.29. The van der Waals surface area contributed by atoms with Gasteiger partial charge in [-0.1, -0.05) is 12.1 Å². The summed E-state index contributed by atoms with van der Waals surface area (Å²) in [5, 5.41) is 39.0. The molecule has 186 valence electrons. The number of hydrogen-bond donors (Lipinski definition) is 5. The second-order valence-electron chi connectivity index (χ2n) is 8.67. The molecule has 35 heavy (non-hydrogen) atoms. The number of aromatic nitrogens is 3. The van der Waals surface area contributed by atoms with Crippen LogP contribution in [0.4, 0.5) is 5.82 Å². The summed E-state index contributed by atoms with van der Waals surface area (Å²) in [5.41, 5.74) is 1.99. The van der Waals surface area contributed by atoms with E-state index in [0.717, 1.165) is 55.4 Å². The SMILES string of the molecule is O=C(O)[C@H]1O[C@@H](Oc2ccc(N3CCN(Cc4nc5ccccc5[nH]4)CC3)nc2)[C@H](O)[C@@H](O)[C@@H]1O. The van der Waals surface area contributed by atoms with Crippen LogP contribution in [0.25, 0.3) is 11.0 Å². The largest absolute Gasteiger partial charge is 0.479 e. The molecule has 0 unspecified atom stereocenters. The number of H-pyrrole nitrogens is 1. The maximum Gasteiger partial charge on any atom is 0.335 e. The van der Waals surface area contributed by atoms with Crippen LogP contribution in [0.15, 0.2) is 42.6 Å². The number of fused-ring (bicyclic) bond motifs is 1. The van der Waals surface area contributed by atoms with Gasteiger partial charge >= 0.3 is 5.97 Å². The second-order valence-corrected chi connectivity index (χ2v) is 8.67. The minimum atomic E-state index is -1.77. The molecular formula is C23H27N5O7. The fourth-order valence-electron chi connectivity index (χ4n) is 4.34. The summed E-state index contributed by atoms with van der Waals surface area (Å²) in [5.74, 6) is 0.456. The van der Waals surface area contributed by atoms with Crippen molar-refractivity contribution in [1.82, 2.24) is 19.9 Å². The molecule has 2 aliphatic heterocycles. The van der Waals surface area contributed by atoms with Gasteiger partial charge < -0.3 is 39.8 Å². The van der Waals surface area contributed by atoms with Crippen molar-refractivity contribution >= 4 is 22.8 Å². The normalized spacial score (nSPS) is 27.7. The smallest absolute Gasteiger partial charge is 0.335 e. The lowest BCUT2D eigenvalue weighted by Crippen LogP contribution is -2.61. The first-order chi connectivity index (χ1) is 16.9. The number of benzene rings is 1. The van der Waals surface area contributed by atoms with Crippen molar-refractivity contribution in [2.75, 3.05) is 31.1 Å². The molecule has 0 aliphatic carbocycles. The lowest BCUT2D eigenvalue weighted by molar-refractivity contribution is -0.271. The van der Waals surface area contributed by atoms with E-state index in [1.165, 1.54) is 6.20 Å². The zero-order valence-corrected chi connectivity index (χ0v) is 18.8. The quantitative estimate of drug-likeness (QED) is 0.307. The number of piperazine rings is 1. The van der Waals surface area contributed by atoms with Crippen molar-refractivity contribution in [2.24, 2.45) is 0 Å². The molecular weight excluding hydrogens is 458 g/mol. The fraction of sp³-hybridized carbons (Fsp3) is 0.435. The summed E-state index contributed by atoms with van der Waals surface area (Å²) < 4.78 is 10.7. The van der Waals surface area contributed by atoms with Crippen molar-refractivity contribution in [1.29, 1.82) is 0 Å². The highest BCUT2D eigenvalue weighted by molar-refractivity contribution is 5.74. The zero-order valence-electron chi connectivity index (χ0n) is 18.8. The molecule has 12 nitrogen and oxygen atoms in total. The Labute approximate surface area is 200 Å². The van der Waals surface area contributed by atoms with Crippen LogP contribution in [0.3, 0.4) is 0 Å². The number of aromatic amines is 1. The summed E-state index contributed by atoms with van der Waals surface area (Å²) in [6, 6.07) is 11.4. The van der Waals surface area contributed by atoms with Gasteiger partial charge in [-0.25, -0.2) is 14.8 Å². The van der Waals surface area contributed by atoms with E-state index in [4.69, 9.17) is 14.6 Å². The molecule has 3 aromatic rings. The van der Waals surface area contributed by atoms with E-state index in [-0.39, 0.29) is 5.75 Å². The molecule has 0 saturated carbocycles. The minimum Gasteiger partial charge on any atom is -0.479 e. The number of imidazole rings is 1. The predicted molar refractivity (Wildman–Crippen MR) is 123 cm³/mol. The Morgan fingerprint density at radius 1 is 1.06 bits per heavy atom. The van der Waals surface area contributed by atoms with Gasteiger partial charge in [0.1, 0.15) is 35.7 Å². The van der Waals surface area contributed by atoms with Gasteiger partial charge in [0.05, 0.1) is 23.8 Å². The highest BCUT2D eigenvalue weighted by atomic mass is 16.7. The van der Waals surface area contributed by atoms with Crippen LogP contribution in [0, 0.1) is 0 Å². The molecule has 0 bridgehead atoms. The number of aliphatic hydroxyl groups is 3. The van der Waals surface area contributed by atoms with Gasteiger partial charge in [0, 0.05) is 26.2 Å². The van der Waals surface area contributed by atoms with E-state index in [2.05, 4.69) is 24.8 Å². The van der Waals surface area contributed by atoms with Crippen molar-refractivity contribution in [3.05, 3.63) is 48.4 Å². The average molecular weight is 485 g/mol. The lowest BCUT2D eigenvalue weighted by atomic mass is 9.99. The molecule has 0 spiro atoms. The van der Waals surface area contributed by atoms with Crippen LogP contribution in [0.2, 0.25) is 0 Å². The standard InChI is InChI=1S/C23H27N5O7/c29-18-19(30)21(22(32)33)35-23(20(18)31)34-13-5-6-17(24-11-13)28-9-7-27(8-10-28)12-16-25-14-3-1-2-4-15(14)26-16/h1-6,11,18-21,23,29-31H,7-10,12H2,(H,25,26)(H,32,33)/t18-,19-,20+,21-,23+/m0/s1. The molecule has 5 atom stereocenters. The number of carboxylic acid groups (broad SMARTS) is 1. The molecule has 0 amide bonds. The third-order valence-corrected chi connectivity index (χ3v) is 6.29. The zero-order chi connectivity index (χ0) is 24.5. The third kappa shape index (κ3) is 4.92. The van der Waals surface area contributed by atoms with Gasteiger partial charge in [-0.15, -0.1) is 0 Å². The second kappa shape index (κ2) is 9.76. The van der Waals surface area contributed by atoms with Crippen molar-refractivity contribution in [2.45, 2.75) is 37.3 Å². The average Bonchev–Trinajstić information content (AvgIpc) is 3.27. The number of para-hydroxylation sites is 2. The van der Waals surface area contributed by atoms with Crippen LogP contribution in [-0.2, 0) is 16.1 Å². The van der Waals surface area contributed by atoms with E-state index in [0.29, 0.717) is 0 Å². The minimum absolute atomic E-state index is 0.231. The van der Waals surface area contributed by atoms with Crippen molar-refractivity contribution < 1.29 is 34.7 Å². The van der Waals surface area contributed by atoms with Gasteiger partial charge in [-0.05, 0) is 24.3 Å². The van der Waals surface area contributed by atoms with Crippen LogP contribution in [-0.4, -0.2) is 103 Å². The molecule has 12 heteroatoms. The first-order valence-electron chi connectivity index (χ1n) is 11.3. The number of hydrogen-bond acceptors (Lipinski definition) is 10. The number of carboxylic acids is 1. The van der Waals surface area contributed by atoms with Gasteiger partial charge in [-0.2, -0.15) is 0 Å². The van der Waals surface area contributed by atoms with Gasteiger partial charge in [0.2, 0.25) is 6.29 Å². The van der Waals surface area contributed by atoms with E-state index in [1.54, 1.807) is 12.1 Å². The topological polar surface area (TPSA) is 164 Å². The summed E-state index contributed by atoms with van der Waals surface area (Å²) in [7, 11) is 0. The van der Waals surface area contributed by atoms with Crippen LogP contribution in [0.5, 0.6) is 5.75 Å². The number of nitrogens with one attached hydrogen (secondary N) is 1. The van der Waals surface area contributed by atoms with Crippen LogP contribution >= 0.6 is 0 Å². The summed E-state index contributed by atoms with van der Waals surface area (Å²) in [6.45, 7) is 3.99. The van der Waals surface area contributed by atoms with Crippen molar-refractivity contribution in [3.63, 3.8) is 0 Å². The Bertz CT molecular complexity index is 1130. The molecule has 2 saturated heterocycles. The molecule has 1 aromatic carbocycles. The Morgan fingerprint density at radius 2 is 1.83 bits per heavy atom. The molecule has 4 heterocycles. The Balaban J connectivity index is 1.15. The number of anilines is 1. The molecule has 5 rings (SSSR count). The molecule has 2 fully saturated rings. The number of pyridine rings is 1. The van der Waals surface area contributed by atoms with Crippen molar-refractivity contribution in [3.8, 4) is 5.75 Å². The number of aliphatic carboxylic acids is 1. The monoisotopic (exact) mass is 485 g/mol. The highest BCUT2D eigenvalue weighted by Gasteiger charge is 2.48. The first-order valence-corrected chi connectivity index (χ1v) is 11.3. The number of aliphatic hydroxyl groups excluding tert-OH is 3. The van der Waals surface area contributed by atoms with Gasteiger partial charge in [0.25, 0.3) is 0 Å². The number of nitrogens with zero attached hydrogens (tertiary/aromatic N) is 4. The van der Waals surface area contributed by atoms with E-state index >= 15 is 0 Å². The summed E-state index contributed by atoms with van der Waals surface area (Å²) in [6.07, 6.45) is -6.86. The number of carbonyl (C=O) groups is 1. The number of rotatable bonds is 6. The predicted octanol–water partition coefficient (Wildman–Crippen LogP) is -0.449. The highest BCUT2D eigenvalue weighted by Crippen LogP contribution is 2.25. The third-order valence-electron chi connectivity index (χ3n) is 6.29. The molecule has 0 radical (unpaired) electrons. The Kier molecular flexibility index (Phi) is 6.54. The van der Waals surface area contributed by atoms with Gasteiger partial charge in [0.15, 0.2) is 6.10 Å². The molecule has 2 aromatic heterocycles. The first kappa shape index (κ1) is 23.5. The fourth-order valence-corrected chi connectivity index (χ4v) is 4.34. The maximum absolute atomic E-state index is 11.2. The summed E-state index contributed by atoms with van der Waals surface area (Å²) in [4.78, 5) is 28.1. The van der Waals surface area contributed by atoms with Crippen LogP contribution < -0.4 is 9.64 Å². The van der Waals surface area contributed by atoms with Crippen LogP contribution in [0.1, 0.15) is 5.82 Å².